The summed E-state index contributed by atoms with van der Waals surface area (Å²) in [5.41, 5.74) is 0.0379. The number of aromatic nitrogens is 7. The van der Waals surface area contributed by atoms with Gasteiger partial charge in [0.15, 0.2) is 11.2 Å². The van der Waals surface area contributed by atoms with E-state index in [2.05, 4.69) is 48.9 Å². The summed E-state index contributed by atoms with van der Waals surface area (Å²) in [5.74, 6) is 6.13. The van der Waals surface area contributed by atoms with E-state index in [0.717, 1.165) is 29.5 Å². The number of amides is 1. The molecule has 1 aliphatic heterocycles. The first-order chi connectivity index (χ1) is 18.3. The fourth-order valence-electron chi connectivity index (χ4n) is 4.51. The van der Waals surface area contributed by atoms with Crippen LogP contribution in [0, 0.1) is 11.8 Å². The Bertz CT molecular complexity index is 1690. The molecule has 5 heterocycles. The van der Waals surface area contributed by atoms with Crippen LogP contribution < -0.4 is 21.5 Å². The highest BCUT2D eigenvalue weighted by molar-refractivity contribution is 7.13. The lowest BCUT2D eigenvalue weighted by Crippen LogP contribution is -2.40. The van der Waals surface area contributed by atoms with Crippen LogP contribution in [-0.2, 0) is 18.4 Å². The van der Waals surface area contributed by atoms with Crippen LogP contribution in [0.25, 0.3) is 21.7 Å². The van der Waals surface area contributed by atoms with Crippen LogP contribution in [0.15, 0.2) is 33.7 Å². The molecule has 4 aromatic heterocycles. The Hall–Kier alpha value is -4.31. The molecule has 0 aromatic carbocycles. The molecule has 0 unspecified atom stereocenters. The fourth-order valence-corrected chi connectivity index (χ4v) is 5.24. The maximum Gasteiger partial charge on any atom is 0.333 e. The van der Waals surface area contributed by atoms with Crippen molar-refractivity contribution in [3.05, 3.63) is 44.9 Å². The van der Waals surface area contributed by atoms with Crippen molar-refractivity contribution in [2.75, 3.05) is 16.8 Å². The number of anilines is 2. The average Bonchev–Trinajstić information content (AvgIpc) is 3.67. The van der Waals surface area contributed by atoms with Crippen LogP contribution in [-0.4, -0.2) is 52.1 Å². The van der Waals surface area contributed by atoms with Crippen molar-refractivity contribution in [2.24, 2.45) is 7.05 Å². The number of nitrogens with one attached hydrogen (secondary N) is 1. The van der Waals surface area contributed by atoms with Gasteiger partial charge in [0.05, 0.1) is 12.9 Å². The summed E-state index contributed by atoms with van der Waals surface area (Å²) in [5, 5.41) is 5.22. The molecule has 0 saturated carbocycles. The Morgan fingerprint density at radius 3 is 2.71 bits per heavy atom. The molecule has 38 heavy (non-hydrogen) atoms. The molecule has 0 aliphatic carbocycles. The molecule has 1 saturated heterocycles. The summed E-state index contributed by atoms with van der Waals surface area (Å²) < 4.78 is 3.77. The molecule has 1 amide bonds. The third-order valence-corrected chi connectivity index (χ3v) is 7.61. The molecule has 13 heteroatoms. The maximum absolute atomic E-state index is 13.1. The van der Waals surface area contributed by atoms with Gasteiger partial charge in [-0.2, -0.15) is 0 Å². The van der Waals surface area contributed by atoms with Gasteiger partial charge in [-0.15, -0.1) is 17.3 Å². The van der Waals surface area contributed by atoms with E-state index in [1.165, 1.54) is 33.8 Å². The second kappa shape index (κ2) is 10.2. The first-order valence-corrected chi connectivity index (χ1v) is 13.1. The van der Waals surface area contributed by atoms with E-state index >= 15 is 0 Å². The number of hydrogen-bond donors (Lipinski definition) is 1. The number of imidazole rings is 1. The number of rotatable bonds is 6. The Balaban J connectivity index is 1.36. The first-order valence-electron chi connectivity index (χ1n) is 12.2. The highest BCUT2D eigenvalue weighted by Gasteiger charge is 2.24. The van der Waals surface area contributed by atoms with E-state index in [0.29, 0.717) is 22.8 Å². The number of aryl methyl sites for hydroxylation is 1. The molecule has 0 spiro atoms. The predicted octanol–water partition coefficient (Wildman–Crippen LogP) is 2.02. The Labute approximate surface area is 222 Å². The van der Waals surface area contributed by atoms with Crippen molar-refractivity contribution in [3.63, 3.8) is 0 Å². The molecule has 1 N–H and O–H groups in total. The second-order valence-electron chi connectivity index (χ2n) is 9.14. The van der Waals surface area contributed by atoms with Gasteiger partial charge < -0.3 is 14.8 Å². The molecule has 196 valence electrons. The lowest BCUT2D eigenvalue weighted by atomic mass is 10.2. The molecule has 4 aromatic rings. The molecule has 2 atom stereocenters. The minimum Gasteiger partial charge on any atom is -0.338 e. The molecular weight excluding hydrogens is 506 g/mol. The van der Waals surface area contributed by atoms with Gasteiger partial charge in [-0.1, -0.05) is 5.92 Å². The summed E-state index contributed by atoms with van der Waals surface area (Å²) in [4.78, 5) is 58.8. The second-order valence-corrected chi connectivity index (χ2v) is 10.0. The number of hydrogen-bond acceptors (Lipinski definition) is 9. The lowest BCUT2D eigenvalue weighted by Gasteiger charge is -2.20. The van der Waals surface area contributed by atoms with E-state index < -0.39 is 17.3 Å². The Kier molecular flexibility index (Phi) is 6.81. The first kappa shape index (κ1) is 25.3. The van der Waals surface area contributed by atoms with Gasteiger partial charge in [0, 0.05) is 43.0 Å². The van der Waals surface area contributed by atoms with Gasteiger partial charge in [-0.25, -0.2) is 29.3 Å². The van der Waals surface area contributed by atoms with Crippen LogP contribution in [0.2, 0.25) is 0 Å². The number of carbonyl (C=O) groups excluding carboxylic acids is 1. The van der Waals surface area contributed by atoms with E-state index in [1.807, 2.05) is 0 Å². The molecule has 1 fully saturated rings. The molecule has 0 radical (unpaired) electrons. The van der Waals surface area contributed by atoms with Gasteiger partial charge in [-0.3, -0.25) is 14.2 Å². The van der Waals surface area contributed by atoms with Crippen LogP contribution in [0.1, 0.15) is 39.7 Å². The predicted molar refractivity (Wildman–Crippen MR) is 145 cm³/mol. The minimum atomic E-state index is -0.800. The lowest BCUT2D eigenvalue weighted by molar-refractivity contribution is -0.118. The highest BCUT2D eigenvalue weighted by atomic mass is 32.1. The molecule has 1 aliphatic rings. The zero-order valence-corrected chi connectivity index (χ0v) is 22.3. The van der Waals surface area contributed by atoms with Gasteiger partial charge >= 0.3 is 5.69 Å². The number of thiazole rings is 1. The van der Waals surface area contributed by atoms with Gasteiger partial charge in [0.25, 0.3) is 5.56 Å². The zero-order valence-electron chi connectivity index (χ0n) is 21.5. The van der Waals surface area contributed by atoms with Gasteiger partial charge in [-0.05, 0) is 33.6 Å². The normalized spacial score (nSPS) is 15.9. The van der Waals surface area contributed by atoms with Crippen LogP contribution in [0.5, 0.6) is 0 Å². The van der Waals surface area contributed by atoms with Crippen molar-refractivity contribution >= 4 is 40.2 Å². The summed E-state index contributed by atoms with van der Waals surface area (Å²) >= 11 is 1.37. The average molecular weight is 534 g/mol. The van der Waals surface area contributed by atoms with Crippen molar-refractivity contribution in [2.45, 2.75) is 52.2 Å². The van der Waals surface area contributed by atoms with Crippen LogP contribution in [0.3, 0.4) is 0 Å². The minimum absolute atomic E-state index is 0.0486. The summed E-state index contributed by atoms with van der Waals surface area (Å²) in [6.07, 6.45) is 7.15. The summed E-state index contributed by atoms with van der Waals surface area (Å²) in [6, 6.07) is -0.374. The molecule has 5 rings (SSSR count). The third kappa shape index (κ3) is 4.47. The number of nitrogens with zero attached hydrogens (tertiary/aromatic N) is 8. The van der Waals surface area contributed by atoms with Crippen molar-refractivity contribution in [1.82, 2.24) is 33.6 Å². The Morgan fingerprint density at radius 2 is 2.03 bits per heavy atom. The SMILES string of the molecule is CC#CCn1c(=O)c2c(ncn2[C@@H](C)C(=O)Nc2csc(-c3cnc(N4CCC[C@H]4C)nc3)n2)n(C)c1=O. The topological polar surface area (TPSA) is 133 Å². The van der Waals surface area contributed by atoms with Crippen molar-refractivity contribution in [1.29, 1.82) is 0 Å². The third-order valence-electron chi connectivity index (χ3n) is 6.72. The van der Waals surface area contributed by atoms with Crippen LogP contribution in [0.4, 0.5) is 11.8 Å². The number of fused-ring (bicyclic) bond motifs is 1. The highest BCUT2D eigenvalue weighted by Crippen LogP contribution is 2.27. The van der Waals surface area contributed by atoms with E-state index in [1.54, 1.807) is 31.6 Å². The van der Waals surface area contributed by atoms with Crippen molar-refractivity contribution in [3.8, 4) is 22.4 Å². The van der Waals surface area contributed by atoms with E-state index in [4.69, 9.17) is 0 Å². The maximum atomic E-state index is 13.1. The summed E-state index contributed by atoms with van der Waals surface area (Å²) in [7, 11) is 1.53. The monoisotopic (exact) mass is 533 g/mol. The molecule has 12 nitrogen and oxygen atoms in total. The van der Waals surface area contributed by atoms with E-state index in [9.17, 15) is 14.4 Å². The number of carbonyl (C=O) groups is 1. The largest absolute Gasteiger partial charge is 0.338 e. The van der Waals surface area contributed by atoms with E-state index in [-0.39, 0.29) is 23.6 Å². The quantitative estimate of drug-likeness (QED) is 0.372. The smallest absolute Gasteiger partial charge is 0.333 e. The van der Waals surface area contributed by atoms with Gasteiger partial charge in [0.2, 0.25) is 11.9 Å². The van der Waals surface area contributed by atoms with Gasteiger partial charge in [0.1, 0.15) is 16.9 Å². The van der Waals surface area contributed by atoms with Crippen LogP contribution >= 0.6 is 11.3 Å². The standard InChI is InChI=1S/C25H27N9O3S/c1-5-6-9-33-23(36)19-20(31(4)25(33)37)28-14-34(19)16(3)21(35)29-18-13-38-22(30-18)17-11-26-24(27-12-17)32-10-7-8-15(32)2/h11-16H,7-10H2,1-4H3,(H,29,35)/t15-,16+/m1/s1. The van der Waals surface area contributed by atoms with Crippen molar-refractivity contribution < 1.29 is 4.79 Å². The summed E-state index contributed by atoms with van der Waals surface area (Å²) in [6.45, 7) is 6.36. The molecular formula is C25H27N9O3S. The Morgan fingerprint density at radius 1 is 1.26 bits per heavy atom. The zero-order chi connectivity index (χ0) is 27.0. The molecule has 0 bridgehead atoms. The fraction of sp³-hybridized carbons (Fsp3) is 0.400.